The van der Waals surface area contributed by atoms with Crippen LogP contribution in [-0.2, 0) is 14.4 Å². The van der Waals surface area contributed by atoms with Gasteiger partial charge in [0.05, 0.1) is 11.8 Å². The van der Waals surface area contributed by atoms with Crippen molar-refractivity contribution in [3.63, 3.8) is 0 Å². The zero-order valence-corrected chi connectivity index (χ0v) is 15.8. The summed E-state index contributed by atoms with van der Waals surface area (Å²) in [6.45, 7) is 0.367. The first-order valence-corrected chi connectivity index (χ1v) is 9.70. The van der Waals surface area contributed by atoms with E-state index in [-0.39, 0.29) is 41.6 Å². The highest BCUT2D eigenvalue weighted by Gasteiger charge is 2.40. The summed E-state index contributed by atoms with van der Waals surface area (Å²) in [6, 6.07) is 7.65. The summed E-state index contributed by atoms with van der Waals surface area (Å²) in [5.41, 5.74) is 0.892. The van der Waals surface area contributed by atoms with Gasteiger partial charge in [-0.2, -0.15) is 0 Å². The number of carbonyl (C=O) groups is 3. The van der Waals surface area contributed by atoms with E-state index in [1.165, 1.54) is 6.08 Å². The van der Waals surface area contributed by atoms with Gasteiger partial charge in [0.2, 0.25) is 17.7 Å². The van der Waals surface area contributed by atoms with E-state index >= 15 is 0 Å². The number of benzene rings is 1. The van der Waals surface area contributed by atoms with Crippen LogP contribution in [0.3, 0.4) is 0 Å². The number of fused-ring (bicyclic) bond motifs is 2. The number of nitrogens with one attached hydrogen (secondary N) is 2. The smallest absolute Gasteiger partial charge is 0.250 e. The zero-order chi connectivity index (χ0) is 20.2. The minimum atomic E-state index is -0.385. The Morgan fingerprint density at radius 1 is 1.10 bits per heavy atom. The summed E-state index contributed by atoms with van der Waals surface area (Å²) in [7, 11) is 0. The Morgan fingerprint density at radius 3 is 2.79 bits per heavy atom. The number of imide groups is 1. The molecule has 0 radical (unpaired) electrons. The molecule has 0 fully saturated rings. The minimum absolute atomic E-state index is 0.0486. The molecule has 6 nitrogen and oxygen atoms in total. The lowest BCUT2D eigenvalue weighted by Crippen LogP contribution is -2.42. The summed E-state index contributed by atoms with van der Waals surface area (Å²) in [5.74, 6) is -0.723. The molecular weight excluding hydrogens is 368 g/mol. The van der Waals surface area contributed by atoms with Crippen LogP contribution in [0, 0.1) is 11.8 Å². The quantitative estimate of drug-likeness (QED) is 0.596. The predicted molar refractivity (Wildman–Crippen MR) is 108 cm³/mol. The number of hydrogen-bond acceptors (Lipinski definition) is 4. The highest BCUT2D eigenvalue weighted by atomic mass is 16.5. The molecule has 0 bridgehead atoms. The fraction of sp³-hybridized carbons (Fsp3) is 0.261. The number of carbonyl (C=O) groups excluding carboxylic acids is 3. The van der Waals surface area contributed by atoms with Crippen molar-refractivity contribution in [2.45, 2.75) is 18.4 Å². The molecule has 2 aliphatic heterocycles. The molecule has 2 heterocycles. The van der Waals surface area contributed by atoms with Gasteiger partial charge < -0.3 is 10.1 Å². The van der Waals surface area contributed by atoms with Crippen molar-refractivity contribution in [3.8, 4) is 5.75 Å². The maximum Gasteiger partial charge on any atom is 0.250 e. The average Bonchev–Trinajstić information content (AvgIpc) is 2.73. The molecule has 0 saturated carbocycles. The van der Waals surface area contributed by atoms with Gasteiger partial charge in [0.25, 0.3) is 0 Å². The van der Waals surface area contributed by atoms with Crippen LogP contribution in [0.25, 0.3) is 0 Å². The Labute approximate surface area is 169 Å². The van der Waals surface area contributed by atoms with Gasteiger partial charge in [-0.05, 0) is 18.6 Å². The summed E-state index contributed by atoms with van der Waals surface area (Å²) < 4.78 is 6.04. The van der Waals surface area contributed by atoms with E-state index < -0.39 is 0 Å². The van der Waals surface area contributed by atoms with E-state index in [0.29, 0.717) is 13.0 Å². The Hall–Kier alpha value is -3.41. The van der Waals surface area contributed by atoms with Crippen molar-refractivity contribution in [1.29, 1.82) is 0 Å². The van der Waals surface area contributed by atoms with Crippen LogP contribution in [-0.4, -0.2) is 30.4 Å². The third-order valence-electron chi connectivity index (χ3n) is 5.32. The van der Waals surface area contributed by atoms with Crippen LogP contribution in [0.4, 0.5) is 0 Å². The first-order chi connectivity index (χ1) is 14.1. The van der Waals surface area contributed by atoms with Crippen molar-refractivity contribution in [2.24, 2.45) is 11.8 Å². The summed E-state index contributed by atoms with van der Waals surface area (Å²) >= 11 is 0. The van der Waals surface area contributed by atoms with Gasteiger partial charge in [-0.15, -0.1) is 0 Å². The van der Waals surface area contributed by atoms with E-state index in [1.807, 2.05) is 60.7 Å². The number of ether oxygens (including phenoxy) is 1. The molecule has 4 unspecified atom stereocenters. The van der Waals surface area contributed by atoms with Crippen molar-refractivity contribution in [2.75, 3.05) is 6.54 Å². The minimum Gasteiger partial charge on any atom is -0.485 e. The molecule has 4 atom stereocenters. The molecule has 0 aromatic heterocycles. The molecule has 1 aromatic rings. The Morgan fingerprint density at radius 2 is 1.93 bits per heavy atom. The largest absolute Gasteiger partial charge is 0.485 e. The normalized spacial score (nSPS) is 27.2. The van der Waals surface area contributed by atoms with Crippen LogP contribution in [0.1, 0.15) is 17.9 Å². The molecule has 1 aromatic carbocycles. The molecule has 148 valence electrons. The van der Waals surface area contributed by atoms with E-state index in [2.05, 4.69) is 10.6 Å². The second-order valence-electron chi connectivity index (χ2n) is 7.22. The maximum absolute atomic E-state index is 13.0. The zero-order valence-electron chi connectivity index (χ0n) is 15.8. The fourth-order valence-corrected chi connectivity index (χ4v) is 3.87. The van der Waals surface area contributed by atoms with Gasteiger partial charge in [-0.25, -0.2) is 0 Å². The Kier molecular flexibility index (Phi) is 5.42. The van der Waals surface area contributed by atoms with Crippen molar-refractivity contribution < 1.29 is 19.1 Å². The third-order valence-corrected chi connectivity index (χ3v) is 5.32. The van der Waals surface area contributed by atoms with E-state index in [1.54, 1.807) is 6.08 Å². The molecule has 4 rings (SSSR count). The standard InChI is InChI=1S/C23H22N2O4/c26-20-13-12-15(22(27)25-20)7-5-6-14-24-23(28)21-16-8-1-3-10-18(16)29-19-11-4-2-9-17(19)21/h1-6,8-13,15-16,18,21H,7,14H2,(H,24,28)(H,25,26,27)/b6-5-. The highest BCUT2D eigenvalue weighted by molar-refractivity contribution is 6.05. The molecular formula is C23H22N2O4. The molecule has 3 amide bonds. The lowest BCUT2D eigenvalue weighted by atomic mass is 9.77. The van der Waals surface area contributed by atoms with Gasteiger partial charge >= 0.3 is 0 Å². The molecule has 3 aliphatic rings. The molecule has 1 aliphatic carbocycles. The Bertz CT molecular complexity index is 944. The van der Waals surface area contributed by atoms with Crippen LogP contribution >= 0.6 is 0 Å². The Balaban J connectivity index is 1.38. The highest BCUT2D eigenvalue weighted by Crippen LogP contribution is 2.42. The van der Waals surface area contributed by atoms with Gasteiger partial charge in [-0.1, -0.05) is 54.7 Å². The number of para-hydroxylation sites is 1. The van der Waals surface area contributed by atoms with E-state index in [0.717, 1.165) is 11.3 Å². The van der Waals surface area contributed by atoms with Crippen molar-refractivity contribution >= 4 is 17.7 Å². The van der Waals surface area contributed by atoms with Gasteiger partial charge in [0.1, 0.15) is 11.9 Å². The molecule has 2 N–H and O–H groups in total. The first-order valence-electron chi connectivity index (χ1n) is 9.70. The van der Waals surface area contributed by atoms with Crippen LogP contribution in [0.5, 0.6) is 5.75 Å². The molecule has 6 heteroatoms. The molecule has 0 spiro atoms. The molecule has 0 saturated heterocycles. The van der Waals surface area contributed by atoms with Gasteiger partial charge in [0.15, 0.2) is 0 Å². The second kappa shape index (κ2) is 8.31. The predicted octanol–water partition coefficient (Wildman–Crippen LogP) is 2.16. The number of rotatable bonds is 5. The topological polar surface area (TPSA) is 84.5 Å². The average molecular weight is 390 g/mol. The van der Waals surface area contributed by atoms with Crippen molar-refractivity contribution in [3.05, 3.63) is 78.4 Å². The lowest BCUT2D eigenvalue weighted by molar-refractivity contribution is -0.130. The number of hydrogen-bond donors (Lipinski definition) is 2. The number of allylic oxidation sites excluding steroid dienone is 3. The van der Waals surface area contributed by atoms with Gasteiger partial charge in [0, 0.05) is 24.1 Å². The third kappa shape index (κ3) is 4.06. The maximum atomic E-state index is 13.0. The van der Waals surface area contributed by atoms with E-state index in [9.17, 15) is 14.4 Å². The summed E-state index contributed by atoms with van der Waals surface area (Å²) in [6.07, 6.45) is 14.9. The van der Waals surface area contributed by atoms with Gasteiger partial charge in [-0.3, -0.25) is 19.7 Å². The van der Waals surface area contributed by atoms with E-state index in [4.69, 9.17) is 4.74 Å². The number of amides is 3. The fourth-order valence-electron chi connectivity index (χ4n) is 3.87. The van der Waals surface area contributed by atoms with Crippen molar-refractivity contribution in [1.82, 2.24) is 10.6 Å². The lowest BCUT2D eigenvalue weighted by Gasteiger charge is -2.37. The van der Waals surface area contributed by atoms with Crippen LogP contribution in [0.2, 0.25) is 0 Å². The monoisotopic (exact) mass is 390 g/mol. The summed E-state index contributed by atoms with van der Waals surface area (Å²) in [5, 5.41) is 5.25. The first kappa shape index (κ1) is 18.9. The van der Waals surface area contributed by atoms with Crippen LogP contribution in [0.15, 0.2) is 72.9 Å². The summed E-state index contributed by atoms with van der Waals surface area (Å²) in [4.78, 5) is 35.8. The SMILES string of the molecule is O=C1C=CC(C/C=C\CNC(=O)C2c3ccccc3OC3C=CC=CC32)C(=O)N1. The van der Waals surface area contributed by atoms with Crippen LogP contribution < -0.4 is 15.4 Å². The molecule has 29 heavy (non-hydrogen) atoms. The second-order valence-corrected chi connectivity index (χ2v) is 7.22.